The minimum absolute atomic E-state index is 0.00661. The van der Waals surface area contributed by atoms with E-state index in [1.165, 1.54) is 5.56 Å². The standard InChI is InChI=1S/C26H33NO5.2CO2/c1-5-25(30)31-18-24(29)21-10-14-23(15-11-21)32-22-12-8-20(9-13-22)16-17-26(6-2,7-3)27-19(4)28;2*2-1-3/h8-15H,5-7,16-18H2,1-4H3,(H,27,28);;. The summed E-state index contributed by atoms with van der Waals surface area (Å²) in [6.07, 6.45) is 4.27. The molecule has 1 N–H and O–H groups in total. The number of carbonyl (C=O) groups excluding carboxylic acids is 7. The summed E-state index contributed by atoms with van der Waals surface area (Å²) in [5.41, 5.74) is 1.47. The highest BCUT2D eigenvalue weighted by Gasteiger charge is 2.26. The van der Waals surface area contributed by atoms with Gasteiger partial charge in [-0.05, 0) is 67.6 Å². The Kier molecular flexibility index (Phi) is 16.6. The number of esters is 1. The Balaban J connectivity index is 0.00000208. The highest BCUT2D eigenvalue weighted by Crippen LogP contribution is 2.25. The number of nitrogens with one attached hydrogen (secondary N) is 1. The molecule has 2 aromatic carbocycles. The molecule has 2 aromatic rings. The number of benzene rings is 2. The van der Waals surface area contributed by atoms with Crippen LogP contribution in [0.4, 0.5) is 0 Å². The predicted molar refractivity (Wildman–Crippen MR) is 134 cm³/mol. The molecule has 0 saturated heterocycles. The summed E-state index contributed by atoms with van der Waals surface area (Å²) in [6, 6.07) is 14.6. The van der Waals surface area contributed by atoms with Crippen LogP contribution in [0.5, 0.6) is 11.5 Å². The van der Waals surface area contributed by atoms with E-state index >= 15 is 0 Å². The zero-order chi connectivity index (χ0) is 29.0. The lowest BCUT2D eigenvalue weighted by Gasteiger charge is -2.32. The van der Waals surface area contributed by atoms with E-state index in [1.54, 1.807) is 38.1 Å². The SMILES string of the molecule is CCC(=O)OCC(=O)c1ccc(Oc2ccc(CCC(CC)(CC)NC(C)=O)cc2)cc1.O=C=O.O=C=O. The molecule has 0 saturated carbocycles. The van der Waals surface area contributed by atoms with Gasteiger partial charge in [-0.3, -0.25) is 14.4 Å². The maximum absolute atomic E-state index is 12.1. The van der Waals surface area contributed by atoms with E-state index in [0.29, 0.717) is 17.1 Å². The molecule has 0 fully saturated rings. The summed E-state index contributed by atoms with van der Waals surface area (Å²) in [7, 11) is 0. The van der Waals surface area contributed by atoms with Gasteiger partial charge in [-0.1, -0.05) is 32.9 Å². The highest BCUT2D eigenvalue weighted by molar-refractivity contribution is 5.98. The Morgan fingerprint density at radius 2 is 1.29 bits per heavy atom. The number of ketones is 1. The van der Waals surface area contributed by atoms with Crippen molar-refractivity contribution >= 4 is 30.0 Å². The van der Waals surface area contributed by atoms with Crippen molar-refractivity contribution in [3.05, 3.63) is 59.7 Å². The second kappa shape index (κ2) is 18.8. The molecular formula is C28H33NO9. The van der Waals surface area contributed by atoms with Gasteiger partial charge in [0.15, 0.2) is 12.4 Å². The average Bonchev–Trinajstić information content (AvgIpc) is 2.91. The Morgan fingerprint density at radius 3 is 1.71 bits per heavy atom. The molecule has 10 heteroatoms. The summed E-state index contributed by atoms with van der Waals surface area (Å²) < 4.78 is 10.7. The summed E-state index contributed by atoms with van der Waals surface area (Å²) in [5, 5.41) is 3.12. The monoisotopic (exact) mass is 527 g/mol. The van der Waals surface area contributed by atoms with Gasteiger partial charge in [0.05, 0.1) is 0 Å². The number of rotatable bonds is 12. The fourth-order valence-corrected chi connectivity index (χ4v) is 3.50. The second-order valence-electron chi connectivity index (χ2n) is 8.04. The summed E-state index contributed by atoms with van der Waals surface area (Å²) in [6.45, 7) is 7.20. The largest absolute Gasteiger partial charge is 0.457 e. The Bertz CT molecular complexity index is 1060. The molecule has 0 spiro atoms. The third-order valence-corrected chi connectivity index (χ3v) is 5.68. The number of Topliss-reactive ketones (excluding diaryl/α,β-unsaturated/α-hetero) is 1. The van der Waals surface area contributed by atoms with Crippen LogP contribution in [0.1, 0.15) is 69.3 Å². The first-order valence-electron chi connectivity index (χ1n) is 12.0. The molecule has 2 rings (SSSR count). The number of aryl methyl sites for hydroxylation is 1. The Morgan fingerprint density at radius 1 is 0.816 bits per heavy atom. The van der Waals surface area contributed by atoms with Crippen molar-refractivity contribution in [2.45, 2.75) is 65.3 Å². The molecule has 0 bridgehead atoms. The molecular weight excluding hydrogens is 494 g/mol. The van der Waals surface area contributed by atoms with Crippen molar-refractivity contribution in [3.8, 4) is 11.5 Å². The van der Waals surface area contributed by atoms with Crippen LogP contribution in [-0.4, -0.2) is 42.1 Å². The number of amides is 1. The van der Waals surface area contributed by atoms with Crippen molar-refractivity contribution in [3.63, 3.8) is 0 Å². The van der Waals surface area contributed by atoms with Crippen LogP contribution in [0, 0.1) is 0 Å². The maximum atomic E-state index is 12.1. The summed E-state index contributed by atoms with van der Waals surface area (Å²) in [4.78, 5) is 67.3. The smallest absolute Gasteiger partial charge is 0.373 e. The molecule has 1 amide bonds. The lowest BCUT2D eigenvalue weighted by molar-refractivity contribution is -0.193. The molecule has 10 nitrogen and oxygen atoms in total. The minimum atomic E-state index is -0.396. The molecule has 0 aliphatic carbocycles. The molecule has 0 aliphatic rings. The molecule has 0 aliphatic heterocycles. The van der Waals surface area contributed by atoms with Crippen molar-refractivity contribution < 1.29 is 43.0 Å². The van der Waals surface area contributed by atoms with Crippen molar-refractivity contribution in [1.82, 2.24) is 5.32 Å². The zero-order valence-corrected chi connectivity index (χ0v) is 22.0. The van der Waals surface area contributed by atoms with Crippen LogP contribution in [0.25, 0.3) is 0 Å². The number of ether oxygens (including phenoxy) is 2. The van der Waals surface area contributed by atoms with Crippen LogP contribution >= 0.6 is 0 Å². The summed E-state index contributed by atoms with van der Waals surface area (Å²) >= 11 is 0. The van der Waals surface area contributed by atoms with Crippen LogP contribution in [0.2, 0.25) is 0 Å². The molecule has 204 valence electrons. The second-order valence-corrected chi connectivity index (χ2v) is 8.04. The Labute approximate surface area is 221 Å². The van der Waals surface area contributed by atoms with Crippen LogP contribution < -0.4 is 10.1 Å². The lowest BCUT2D eigenvalue weighted by atomic mass is 9.86. The van der Waals surface area contributed by atoms with E-state index in [0.717, 1.165) is 25.7 Å². The normalized spacial score (nSPS) is 9.68. The number of carbonyl (C=O) groups is 3. The zero-order valence-electron chi connectivity index (χ0n) is 22.0. The molecule has 0 atom stereocenters. The van der Waals surface area contributed by atoms with Crippen LogP contribution in [0.3, 0.4) is 0 Å². The summed E-state index contributed by atoms with van der Waals surface area (Å²) in [5.74, 6) is 0.668. The van der Waals surface area contributed by atoms with Crippen LogP contribution in [-0.2, 0) is 39.9 Å². The fourth-order valence-electron chi connectivity index (χ4n) is 3.50. The minimum Gasteiger partial charge on any atom is -0.457 e. The van der Waals surface area contributed by atoms with Crippen molar-refractivity contribution in [1.29, 1.82) is 0 Å². The quantitative estimate of drug-likeness (QED) is 0.318. The van der Waals surface area contributed by atoms with Crippen molar-refractivity contribution in [2.24, 2.45) is 0 Å². The van der Waals surface area contributed by atoms with Gasteiger partial charge >= 0.3 is 18.3 Å². The van der Waals surface area contributed by atoms with Gasteiger partial charge in [-0.2, -0.15) is 19.2 Å². The first kappa shape index (κ1) is 33.6. The van der Waals surface area contributed by atoms with E-state index < -0.39 is 5.97 Å². The van der Waals surface area contributed by atoms with Gasteiger partial charge < -0.3 is 14.8 Å². The van der Waals surface area contributed by atoms with E-state index in [1.807, 2.05) is 24.3 Å². The van der Waals surface area contributed by atoms with E-state index in [4.69, 9.17) is 28.7 Å². The number of hydrogen-bond donors (Lipinski definition) is 1. The maximum Gasteiger partial charge on any atom is 0.373 e. The highest BCUT2D eigenvalue weighted by atomic mass is 16.5. The number of hydrogen-bond acceptors (Lipinski definition) is 9. The van der Waals surface area contributed by atoms with Gasteiger partial charge in [0.1, 0.15) is 11.5 Å². The van der Waals surface area contributed by atoms with Gasteiger partial charge in [0.25, 0.3) is 0 Å². The molecule has 0 heterocycles. The fraction of sp³-hybridized carbons (Fsp3) is 0.393. The van der Waals surface area contributed by atoms with Gasteiger partial charge in [-0.15, -0.1) is 0 Å². The van der Waals surface area contributed by atoms with E-state index in [2.05, 4.69) is 19.2 Å². The molecule has 0 radical (unpaired) electrons. The topological polar surface area (TPSA) is 150 Å². The Hall–Kier alpha value is -4.39. The first-order valence-corrected chi connectivity index (χ1v) is 12.0. The van der Waals surface area contributed by atoms with Gasteiger partial charge in [0, 0.05) is 24.4 Å². The first-order chi connectivity index (χ1) is 18.1. The van der Waals surface area contributed by atoms with Crippen molar-refractivity contribution in [2.75, 3.05) is 6.61 Å². The predicted octanol–water partition coefficient (Wildman–Crippen LogP) is 4.08. The average molecular weight is 528 g/mol. The molecule has 0 unspecified atom stereocenters. The molecule has 0 aromatic heterocycles. The van der Waals surface area contributed by atoms with Crippen LogP contribution in [0.15, 0.2) is 48.5 Å². The third kappa shape index (κ3) is 13.1. The third-order valence-electron chi connectivity index (χ3n) is 5.68. The van der Waals surface area contributed by atoms with E-state index in [9.17, 15) is 14.4 Å². The van der Waals surface area contributed by atoms with Gasteiger partial charge in [0.2, 0.25) is 5.91 Å². The molecule has 38 heavy (non-hydrogen) atoms. The lowest BCUT2D eigenvalue weighted by Crippen LogP contribution is -2.47. The van der Waals surface area contributed by atoms with Gasteiger partial charge in [-0.25, -0.2) is 0 Å². The van der Waals surface area contributed by atoms with E-state index in [-0.39, 0.29) is 42.6 Å².